The third-order valence-electron chi connectivity index (χ3n) is 3.05. The molecule has 86 valence electrons. The normalized spacial score (nSPS) is 14.5. The minimum Gasteiger partial charge on any atom is -0.336 e. The average molecular weight is 290 g/mol. The van der Waals surface area contributed by atoms with Crippen LogP contribution >= 0.6 is 15.9 Å². The summed E-state index contributed by atoms with van der Waals surface area (Å²) in [7, 11) is 0. The zero-order valence-electron chi connectivity index (χ0n) is 9.31. The molecule has 3 rings (SSSR count). The molecule has 17 heavy (non-hydrogen) atoms. The van der Waals surface area contributed by atoms with Crippen molar-refractivity contribution >= 4 is 21.9 Å². The SMILES string of the molecule is Brc1cccc2c1CN(c1ncccn1)CC2. The van der Waals surface area contributed by atoms with Crippen molar-refractivity contribution in [1.29, 1.82) is 0 Å². The van der Waals surface area contributed by atoms with Crippen LogP contribution < -0.4 is 4.90 Å². The third kappa shape index (κ3) is 2.05. The third-order valence-corrected chi connectivity index (χ3v) is 3.79. The van der Waals surface area contributed by atoms with Gasteiger partial charge in [0.2, 0.25) is 5.95 Å². The Morgan fingerprint density at radius 1 is 1.12 bits per heavy atom. The number of nitrogens with zero attached hydrogens (tertiary/aromatic N) is 3. The van der Waals surface area contributed by atoms with Crippen molar-refractivity contribution < 1.29 is 0 Å². The molecule has 0 saturated carbocycles. The Hall–Kier alpha value is -1.42. The van der Waals surface area contributed by atoms with Crippen LogP contribution in [0.2, 0.25) is 0 Å². The van der Waals surface area contributed by atoms with E-state index in [9.17, 15) is 0 Å². The number of halogens is 1. The van der Waals surface area contributed by atoms with Gasteiger partial charge in [0.05, 0.1) is 0 Å². The Morgan fingerprint density at radius 2 is 1.94 bits per heavy atom. The highest BCUT2D eigenvalue weighted by Gasteiger charge is 2.19. The van der Waals surface area contributed by atoms with Crippen LogP contribution in [-0.2, 0) is 13.0 Å². The Kier molecular flexibility index (Phi) is 2.81. The van der Waals surface area contributed by atoms with E-state index in [2.05, 4.69) is 49.0 Å². The molecule has 4 heteroatoms. The monoisotopic (exact) mass is 289 g/mol. The van der Waals surface area contributed by atoms with Crippen LogP contribution in [0.25, 0.3) is 0 Å². The van der Waals surface area contributed by atoms with Crippen molar-refractivity contribution in [2.45, 2.75) is 13.0 Å². The largest absolute Gasteiger partial charge is 0.336 e. The van der Waals surface area contributed by atoms with Crippen molar-refractivity contribution in [3.63, 3.8) is 0 Å². The predicted octanol–water partition coefficient (Wildman–Crippen LogP) is 2.80. The summed E-state index contributed by atoms with van der Waals surface area (Å²) in [6, 6.07) is 8.23. The number of hydrogen-bond donors (Lipinski definition) is 0. The standard InChI is InChI=1S/C13H12BrN3/c14-12-4-1-3-10-5-8-17(9-11(10)12)13-15-6-2-7-16-13/h1-4,6-7H,5,8-9H2. The lowest BCUT2D eigenvalue weighted by Crippen LogP contribution is -2.31. The molecule has 0 unspecified atom stereocenters. The van der Waals surface area contributed by atoms with Gasteiger partial charge in [-0.15, -0.1) is 0 Å². The molecule has 0 radical (unpaired) electrons. The van der Waals surface area contributed by atoms with Crippen LogP contribution in [0.4, 0.5) is 5.95 Å². The number of aromatic nitrogens is 2. The number of anilines is 1. The summed E-state index contributed by atoms with van der Waals surface area (Å²) >= 11 is 3.61. The summed E-state index contributed by atoms with van der Waals surface area (Å²) in [6.45, 7) is 1.86. The Balaban J connectivity index is 1.93. The summed E-state index contributed by atoms with van der Waals surface area (Å²) in [5, 5.41) is 0. The van der Waals surface area contributed by atoms with E-state index in [4.69, 9.17) is 0 Å². The van der Waals surface area contributed by atoms with Crippen molar-refractivity contribution in [3.8, 4) is 0 Å². The lowest BCUT2D eigenvalue weighted by Gasteiger charge is -2.29. The summed E-state index contributed by atoms with van der Waals surface area (Å²) in [4.78, 5) is 10.8. The first-order valence-corrected chi connectivity index (χ1v) is 6.42. The second-order valence-electron chi connectivity index (χ2n) is 4.10. The van der Waals surface area contributed by atoms with E-state index in [1.807, 2.05) is 6.07 Å². The highest BCUT2D eigenvalue weighted by Crippen LogP contribution is 2.27. The first-order chi connectivity index (χ1) is 8.34. The van der Waals surface area contributed by atoms with Crippen molar-refractivity contribution in [1.82, 2.24) is 9.97 Å². The van der Waals surface area contributed by atoms with Crippen LogP contribution in [0.1, 0.15) is 11.1 Å². The fourth-order valence-electron chi connectivity index (χ4n) is 2.17. The van der Waals surface area contributed by atoms with E-state index in [1.165, 1.54) is 15.6 Å². The lowest BCUT2D eigenvalue weighted by atomic mass is 10.0. The topological polar surface area (TPSA) is 29.0 Å². The molecule has 0 bridgehead atoms. The maximum absolute atomic E-state index is 4.30. The fourth-order valence-corrected chi connectivity index (χ4v) is 2.70. The Morgan fingerprint density at radius 3 is 2.76 bits per heavy atom. The maximum Gasteiger partial charge on any atom is 0.225 e. The smallest absolute Gasteiger partial charge is 0.225 e. The van der Waals surface area contributed by atoms with Crippen LogP contribution in [0.5, 0.6) is 0 Å². The molecule has 0 saturated heterocycles. The lowest BCUT2D eigenvalue weighted by molar-refractivity contribution is 0.705. The van der Waals surface area contributed by atoms with E-state index in [0.717, 1.165) is 25.5 Å². The van der Waals surface area contributed by atoms with Gasteiger partial charge >= 0.3 is 0 Å². The number of rotatable bonds is 1. The van der Waals surface area contributed by atoms with E-state index < -0.39 is 0 Å². The summed E-state index contributed by atoms with van der Waals surface area (Å²) in [6.07, 6.45) is 4.63. The molecule has 1 aromatic heterocycles. The maximum atomic E-state index is 4.30. The van der Waals surface area contributed by atoms with Gasteiger partial charge < -0.3 is 4.90 Å². The minimum absolute atomic E-state index is 0.814. The Labute approximate surface area is 109 Å². The van der Waals surface area contributed by atoms with Gasteiger partial charge in [0.25, 0.3) is 0 Å². The minimum atomic E-state index is 0.814. The van der Waals surface area contributed by atoms with E-state index >= 15 is 0 Å². The highest BCUT2D eigenvalue weighted by molar-refractivity contribution is 9.10. The molecule has 3 nitrogen and oxygen atoms in total. The molecule has 1 aliphatic heterocycles. The van der Waals surface area contributed by atoms with Gasteiger partial charge in [-0.05, 0) is 29.7 Å². The molecule has 0 atom stereocenters. The predicted molar refractivity (Wildman–Crippen MR) is 70.9 cm³/mol. The van der Waals surface area contributed by atoms with Gasteiger partial charge in [0.1, 0.15) is 0 Å². The van der Waals surface area contributed by atoms with Crippen molar-refractivity contribution in [2.24, 2.45) is 0 Å². The van der Waals surface area contributed by atoms with Crippen LogP contribution in [0.15, 0.2) is 41.1 Å². The zero-order chi connectivity index (χ0) is 11.7. The van der Waals surface area contributed by atoms with Gasteiger partial charge in [-0.25, -0.2) is 9.97 Å². The van der Waals surface area contributed by atoms with E-state index in [-0.39, 0.29) is 0 Å². The second-order valence-corrected chi connectivity index (χ2v) is 4.95. The zero-order valence-corrected chi connectivity index (χ0v) is 10.9. The Bertz CT molecular complexity index is 527. The van der Waals surface area contributed by atoms with Gasteiger partial charge in [0.15, 0.2) is 0 Å². The highest BCUT2D eigenvalue weighted by atomic mass is 79.9. The molecular formula is C13H12BrN3. The summed E-state index contributed by atoms with van der Waals surface area (Å²) < 4.78 is 1.18. The van der Waals surface area contributed by atoms with Crippen LogP contribution in [-0.4, -0.2) is 16.5 Å². The van der Waals surface area contributed by atoms with Crippen LogP contribution in [0.3, 0.4) is 0 Å². The van der Waals surface area contributed by atoms with Gasteiger partial charge in [-0.2, -0.15) is 0 Å². The molecule has 1 aromatic carbocycles. The second kappa shape index (κ2) is 4.45. The van der Waals surface area contributed by atoms with Crippen molar-refractivity contribution in [2.75, 3.05) is 11.4 Å². The number of fused-ring (bicyclic) bond motifs is 1. The summed E-state index contributed by atoms with van der Waals surface area (Å²) in [5.41, 5.74) is 2.78. The van der Waals surface area contributed by atoms with Gasteiger partial charge in [0, 0.05) is 30.0 Å². The first kappa shape index (κ1) is 10.7. The first-order valence-electron chi connectivity index (χ1n) is 5.63. The van der Waals surface area contributed by atoms with Gasteiger partial charge in [-0.1, -0.05) is 28.1 Å². The number of hydrogen-bond acceptors (Lipinski definition) is 3. The molecular weight excluding hydrogens is 278 g/mol. The van der Waals surface area contributed by atoms with E-state index in [0.29, 0.717) is 0 Å². The summed E-state index contributed by atoms with van der Waals surface area (Å²) in [5.74, 6) is 0.814. The molecule has 1 aliphatic rings. The molecule has 0 fully saturated rings. The molecule has 2 heterocycles. The molecule has 0 amide bonds. The average Bonchev–Trinajstić information content (AvgIpc) is 2.40. The molecule has 0 N–H and O–H groups in total. The molecule has 0 spiro atoms. The van der Waals surface area contributed by atoms with Crippen molar-refractivity contribution in [3.05, 3.63) is 52.3 Å². The quantitative estimate of drug-likeness (QED) is 0.808. The number of benzene rings is 1. The van der Waals surface area contributed by atoms with E-state index in [1.54, 1.807) is 12.4 Å². The molecule has 2 aromatic rings. The van der Waals surface area contributed by atoms with Gasteiger partial charge in [-0.3, -0.25) is 0 Å². The van der Waals surface area contributed by atoms with Crippen LogP contribution in [0, 0.1) is 0 Å². The fraction of sp³-hybridized carbons (Fsp3) is 0.231. The molecule has 0 aliphatic carbocycles.